The van der Waals surface area contributed by atoms with E-state index in [1.165, 1.54) is 79.4 Å². The van der Waals surface area contributed by atoms with E-state index >= 15 is 0 Å². The highest BCUT2D eigenvalue weighted by atomic mass is 33.1. The Hall–Kier alpha value is -0.780. The average molecular weight is 526 g/mol. The molecule has 0 aromatic rings. The number of nitrogens with two attached hydrogens (primary N) is 1. The first kappa shape index (κ1) is 33.4. The van der Waals surface area contributed by atoms with Crippen LogP contribution in [0.2, 0.25) is 0 Å². The van der Waals surface area contributed by atoms with Crippen molar-refractivity contribution in [3.05, 3.63) is 0 Å². The van der Waals surface area contributed by atoms with E-state index in [1.807, 2.05) is 43.5 Å². The third kappa shape index (κ3) is 25.5. The first-order chi connectivity index (χ1) is 15.1. The van der Waals surface area contributed by atoms with Crippen LogP contribution in [0.3, 0.4) is 0 Å². The summed E-state index contributed by atoms with van der Waals surface area (Å²) in [6.07, 6.45) is 14.2. The quantitative estimate of drug-likeness (QED) is 0.0736. The molecular formula is C21H43N5O2S4. The van der Waals surface area contributed by atoms with Gasteiger partial charge in [0.2, 0.25) is 5.96 Å². The van der Waals surface area contributed by atoms with Crippen LogP contribution in [0, 0.1) is 5.41 Å². The van der Waals surface area contributed by atoms with E-state index in [1.54, 1.807) is 0 Å². The SMILES string of the molecule is CCCCCCCCCCCCCC(=O)ONC(=N)N.CN(C)C(=S)SSC(=S)N(C)C. The number of carbonyl (C=O) groups excluding carboxylic acids is 1. The molecule has 0 aliphatic heterocycles. The van der Waals surface area contributed by atoms with Crippen molar-refractivity contribution in [2.75, 3.05) is 28.2 Å². The van der Waals surface area contributed by atoms with E-state index in [9.17, 15) is 4.79 Å². The summed E-state index contributed by atoms with van der Waals surface area (Å²) < 4.78 is 1.67. The van der Waals surface area contributed by atoms with E-state index in [0.29, 0.717) is 6.42 Å². The smallest absolute Gasteiger partial charge is 0.332 e. The van der Waals surface area contributed by atoms with E-state index in [0.717, 1.165) is 21.5 Å². The Balaban J connectivity index is 0. The molecule has 4 N–H and O–H groups in total. The van der Waals surface area contributed by atoms with Gasteiger partial charge in [-0.15, -0.1) is 0 Å². The third-order valence-electron chi connectivity index (χ3n) is 4.17. The molecule has 0 rings (SSSR count). The van der Waals surface area contributed by atoms with Gasteiger partial charge < -0.3 is 20.4 Å². The minimum absolute atomic E-state index is 0.350. The molecule has 11 heteroatoms. The minimum Gasteiger partial charge on any atom is -0.368 e. The summed E-state index contributed by atoms with van der Waals surface area (Å²) in [5, 5.41) is 6.84. The van der Waals surface area contributed by atoms with Crippen LogP contribution in [-0.4, -0.2) is 58.6 Å². The highest BCUT2D eigenvalue weighted by molar-refractivity contribution is 8.89. The van der Waals surface area contributed by atoms with Crippen LogP contribution in [0.1, 0.15) is 84.0 Å². The predicted octanol–water partition coefficient (Wildman–Crippen LogP) is 5.69. The predicted molar refractivity (Wildman–Crippen MR) is 150 cm³/mol. The monoisotopic (exact) mass is 525 g/mol. The Bertz CT molecular complexity index is 514. The molecule has 32 heavy (non-hydrogen) atoms. The Morgan fingerprint density at radius 3 is 1.56 bits per heavy atom. The summed E-state index contributed by atoms with van der Waals surface area (Å²) in [6, 6.07) is 0. The van der Waals surface area contributed by atoms with Gasteiger partial charge in [-0.25, -0.2) is 4.79 Å². The zero-order valence-electron chi connectivity index (χ0n) is 20.4. The van der Waals surface area contributed by atoms with Crippen molar-refractivity contribution >= 4 is 66.6 Å². The Labute approximate surface area is 214 Å². The van der Waals surface area contributed by atoms with E-state index in [4.69, 9.17) is 35.6 Å². The fourth-order valence-corrected chi connectivity index (χ4v) is 4.69. The maximum absolute atomic E-state index is 11.2. The molecule has 7 nitrogen and oxygen atoms in total. The number of unbranched alkanes of at least 4 members (excludes halogenated alkanes) is 10. The second-order valence-corrected chi connectivity index (χ2v) is 11.2. The molecule has 0 saturated heterocycles. The molecule has 0 spiro atoms. The van der Waals surface area contributed by atoms with Gasteiger partial charge in [0.1, 0.15) is 8.64 Å². The Morgan fingerprint density at radius 2 is 1.22 bits per heavy atom. The number of hydrogen-bond donors (Lipinski definition) is 3. The number of nitrogens with one attached hydrogen (secondary N) is 2. The van der Waals surface area contributed by atoms with Gasteiger partial charge in [0.25, 0.3) is 0 Å². The van der Waals surface area contributed by atoms with Gasteiger partial charge in [-0.1, -0.05) is 95.6 Å². The summed E-state index contributed by atoms with van der Waals surface area (Å²) in [7, 11) is 10.7. The summed E-state index contributed by atoms with van der Waals surface area (Å²) in [4.78, 5) is 19.5. The van der Waals surface area contributed by atoms with Gasteiger partial charge in [-0.3, -0.25) is 5.41 Å². The van der Waals surface area contributed by atoms with Crippen molar-refractivity contribution in [2.24, 2.45) is 5.73 Å². The fraction of sp³-hybridized carbons (Fsp3) is 0.810. The summed E-state index contributed by atoms with van der Waals surface area (Å²) >= 11 is 10.1. The molecule has 0 unspecified atom stereocenters. The van der Waals surface area contributed by atoms with E-state index < -0.39 is 0 Å². The Morgan fingerprint density at radius 1 is 0.844 bits per heavy atom. The van der Waals surface area contributed by atoms with Crippen molar-refractivity contribution in [3.63, 3.8) is 0 Å². The third-order valence-corrected chi connectivity index (χ3v) is 8.33. The molecule has 0 aromatic heterocycles. The van der Waals surface area contributed by atoms with Crippen LogP contribution in [0.5, 0.6) is 0 Å². The van der Waals surface area contributed by atoms with Gasteiger partial charge in [-0.05, 0) is 28.0 Å². The zero-order valence-corrected chi connectivity index (χ0v) is 23.7. The van der Waals surface area contributed by atoms with Gasteiger partial charge in [0.15, 0.2) is 0 Å². The number of carbonyl (C=O) groups is 1. The molecule has 0 bridgehead atoms. The minimum atomic E-state index is -0.351. The summed E-state index contributed by atoms with van der Waals surface area (Å²) in [5.41, 5.74) is 7.04. The maximum atomic E-state index is 11.2. The van der Waals surface area contributed by atoms with Crippen LogP contribution in [0.25, 0.3) is 0 Å². The molecule has 0 aromatic carbocycles. The van der Waals surface area contributed by atoms with Gasteiger partial charge in [0.05, 0.1) is 0 Å². The van der Waals surface area contributed by atoms with Crippen molar-refractivity contribution in [2.45, 2.75) is 84.0 Å². The van der Waals surface area contributed by atoms with E-state index in [2.05, 4.69) is 11.8 Å². The maximum Gasteiger partial charge on any atom is 0.332 e. The first-order valence-corrected chi connectivity index (χ1v) is 14.1. The van der Waals surface area contributed by atoms with Gasteiger partial charge in [0, 0.05) is 34.6 Å². The normalized spacial score (nSPS) is 9.91. The molecule has 188 valence electrons. The number of rotatable bonds is 12. The largest absolute Gasteiger partial charge is 0.368 e. The average Bonchev–Trinajstić information content (AvgIpc) is 2.74. The number of hydroxylamine groups is 1. The van der Waals surface area contributed by atoms with Crippen molar-refractivity contribution in [3.8, 4) is 0 Å². The van der Waals surface area contributed by atoms with Gasteiger partial charge in [-0.2, -0.15) is 5.48 Å². The van der Waals surface area contributed by atoms with Crippen LogP contribution in [0.4, 0.5) is 0 Å². The molecule has 0 radical (unpaired) electrons. The molecule has 0 saturated carbocycles. The van der Waals surface area contributed by atoms with Crippen molar-refractivity contribution < 1.29 is 9.63 Å². The molecule has 0 amide bonds. The topological polar surface area (TPSA) is 94.7 Å². The Kier molecular flexibility index (Phi) is 24.4. The van der Waals surface area contributed by atoms with Crippen molar-refractivity contribution in [1.82, 2.24) is 15.3 Å². The lowest BCUT2D eigenvalue weighted by Crippen LogP contribution is -2.32. The number of thiocarbonyl (C=S) groups is 2. The highest BCUT2D eigenvalue weighted by Crippen LogP contribution is 2.26. The van der Waals surface area contributed by atoms with Crippen LogP contribution < -0.4 is 11.2 Å². The second-order valence-electron chi connectivity index (χ2n) is 7.76. The highest BCUT2D eigenvalue weighted by Gasteiger charge is 2.05. The second kappa shape index (κ2) is 23.4. The van der Waals surface area contributed by atoms with Crippen LogP contribution in [0.15, 0.2) is 0 Å². The molecule has 0 heterocycles. The van der Waals surface area contributed by atoms with Crippen LogP contribution >= 0.6 is 46.0 Å². The number of guanidine groups is 1. The molecular weight excluding hydrogens is 483 g/mol. The number of hydrogen-bond acceptors (Lipinski definition) is 7. The lowest BCUT2D eigenvalue weighted by atomic mass is 10.1. The lowest BCUT2D eigenvalue weighted by Gasteiger charge is -2.15. The van der Waals surface area contributed by atoms with Crippen LogP contribution in [-0.2, 0) is 9.63 Å². The summed E-state index contributed by atoms with van der Waals surface area (Å²) in [6.45, 7) is 2.24. The summed E-state index contributed by atoms with van der Waals surface area (Å²) in [5.74, 6) is -0.701. The first-order valence-electron chi connectivity index (χ1n) is 11.2. The van der Waals surface area contributed by atoms with Crippen molar-refractivity contribution in [1.29, 1.82) is 5.41 Å². The molecule has 0 aliphatic carbocycles. The fourth-order valence-electron chi connectivity index (χ4n) is 2.32. The standard InChI is InChI=1S/C15H31N3O2.C6H12N2S4/c1-2-3-4-5-6-7-8-9-10-11-12-13-14(19)20-18-15(16)17;1-7(2)5(9)11-12-6(10)8(3)4/h2-13H2,1H3,(H4,16,17,18);1-4H3. The molecule has 0 atom stereocenters. The number of nitrogens with zero attached hydrogens (tertiary/aromatic N) is 2. The zero-order chi connectivity index (χ0) is 24.8. The van der Waals surface area contributed by atoms with E-state index in [-0.39, 0.29) is 11.9 Å². The van der Waals surface area contributed by atoms with Gasteiger partial charge >= 0.3 is 5.97 Å². The molecule has 0 fully saturated rings. The lowest BCUT2D eigenvalue weighted by molar-refractivity contribution is -0.148. The molecule has 0 aliphatic rings.